The second-order valence-electron chi connectivity index (χ2n) is 6.91. The van der Waals surface area contributed by atoms with Crippen LogP contribution in [0.1, 0.15) is 56.7 Å². The van der Waals surface area contributed by atoms with E-state index in [1.807, 2.05) is 0 Å². The summed E-state index contributed by atoms with van der Waals surface area (Å²) in [6.07, 6.45) is 0. The first-order valence-electron chi connectivity index (χ1n) is 7.58. The van der Waals surface area contributed by atoms with Gasteiger partial charge in [-0.25, -0.2) is 4.98 Å². The Labute approximate surface area is 132 Å². The van der Waals surface area contributed by atoms with E-state index >= 15 is 0 Å². The lowest BCUT2D eigenvalue weighted by Crippen LogP contribution is -2.34. The van der Waals surface area contributed by atoms with Crippen LogP contribution in [0.25, 0.3) is 10.6 Å². The fraction of sp³-hybridized carbons (Fsp3) is 0.500. The molecule has 0 atom stereocenters. The predicted octanol–water partition coefficient (Wildman–Crippen LogP) is 5.13. The number of aryl methyl sites for hydroxylation is 1. The summed E-state index contributed by atoms with van der Waals surface area (Å²) in [6.45, 7) is 14.0. The molecule has 0 aliphatic heterocycles. The number of aromatic nitrogens is 1. The van der Waals surface area contributed by atoms with E-state index < -0.39 is 0 Å². The lowest BCUT2D eigenvalue weighted by molar-refractivity contribution is 0.425. The zero-order valence-electron chi connectivity index (χ0n) is 13.9. The largest absolute Gasteiger partial charge is 0.307 e. The first kappa shape index (κ1) is 16.2. The predicted molar refractivity (Wildman–Crippen MR) is 93.0 cm³/mol. The van der Waals surface area contributed by atoms with Gasteiger partial charge in [0.25, 0.3) is 0 Å². The van der Waals surface area contributed by atoms with Crippen LogP contribution in [0.5, 0.6) is 0 Å². The molecule has 2 aromatic rings. The minimum atomic E-state index is 0.134. The fourth-order valence-corrected chi connectivity index (χ4v) is 3.08. The second kappa shape index (κ2) is 6.29. The van der Waals surface area contributed by atoms with Gasteiger partial charge in [0.1, 0.15) is 5.01 Å². The van der Waals surface area contributed by atoms with E-state index in [0.717, 1.165) is 17.2 Å². The molecular weight excluding hydrogens is 276 g/mol. The normalized spacial score (nSPS) is 12.1. The van der Waals surface area contributed by atoms with E-state index in [2.05, 4.69) is 71.1 Å². The summed E-state index contributed by atoms with van der Waals surface area (Å²) in [7, 11) is 0. The highest BCUT2D eigenvalue weighted by Gasteiger charge is 2.13. The molecule has 114 valence electrons. The summed E-state index contributed by atoms with van der Waals surface area (Å²) in [4.78, 5) is 6.06. The molecule has 0 fully saturated rings. The van der Waals surface area contributed by atoms with Crippen LogP contribution in [0, 0.1) is 6.92 Å². The third kappa shape index (κ3) is 4.39. The number of hydrogen-bond donors (Lipinski definition) is 1. The molecule has 2 rings (SSSR count). The van der Waals surface area contributed by atoms with Crippen LogP contribution in [0.4, 0.5) is 0 Å². The van der Waals surface area contributed by atoms with Gasteiger partial charge in [-0.05, 0) is 39.2 Å². The molecule has 0 radical (unpaired) electrons. The van der Waals surface area contributed by atoms with E-state index in [1.165, 1.54) is 16.0 Å². The van der Waals surface area contributed by atoms with Gasteiger partial charge in [0, 0.05) is 22.5 Å². The maximum absolute atomic E-state index is 4.73. The van der Waals surface area contributed by atoms with E-state index in [0.29, 0.717) is 5.92 Å². The Hall–Kier alpha value is -1.19. The van der Waals surface area contributed by atoms with Gasteiger partial charge >= 0.3 is 0 Å². The van der Waals surface area contributed by atoms with Crippen molar-refractivity contribution in [2.45, 2.75) is 59.5 Å². The molecule has 1 aromatic heterocycles. The average Bonchev–Trinajstić information content (AvgIpc) is 2.77. The highest BCUT2D eigenvalue weighted by atomic mass is 32.1. The summed E-state index contributed by atoms with van der Waals surface area (Å²) in [5.74, 6) is 0.573. The van der Waals surface area contributed by atoms with Crippen molar-refractivity contribution >= 4 is 11.3 Å². The van der Waals surface area contributed by atoms with Gasteiger partial charge in [-0.1, -0.05) is 38.1 Å². The molecule has 0 aliphatic rings. The summed E-state index contributed by atoms with van der Waals surface area (Å²) in [5, 5.41) is 4.66. The fourth-order valence-electron chi connectivity index (χ4n) is 2.07. The van der Waals surface area contributed by atoms with E-state index in [4.69, 9.17) is 4.98 Å². The molecule has 1 aromatic carbocycles. The van der Waals surface area contributed by atoms with Crippen LogP contribution in [0.15, 0.2) is 24.3 Å². The Morgan fingerprint density at radius 1 is 1.14 bits per heavy atom. The van der Waals surface area contributed by atoms with Crippen LogP contribution in [-0.2, 0) is 6.54 Å². The van der Waals surface area contributed by atoms with E-state index in [1.54, 1.807) is 11.3 Å². The first-order chi connectivity index (χ1) is 9.76. The van der Waals surface area contributed by atoms with Crippen LogP contribution in [0.3, 0.4) is 0 Å². The number of benzene rings is 1. The van der Waals surface area contributed by atoms with Gasteiger partial charge in [0.15, 0.2) is 0 Å². The molecule has 0 unspecified atom stereocenters. The molecule has 0 bridgehead atoms. The van der Waals surface area contributed by atoms with Gasteiger partial charge in [0.2, 0.25) is 0 Å². The molecule has 0 amide bonds. The van der Waals surface area contributed by atoms with E-state index in [9.17, 15) is 0 Å². The molecule has 1 heterocycles. The lowest BCUT2D eigenvalue weighted by Gasteiger charge is -2.19. The van der Waals surface area contributed by atoms with Gasteiger partial charge in [-0.2, -0.15) is 0 Å². The minimum Gasteiger partial charge on any atom is -0.307 e. The Balaban J connectivity index is 2.17. The molecule has 2 nitrogen and oxygen atoms in total. The standard InChI is InChI=1S/C18H26N2S/c1-12(2)14-7-9-15(10-8-14)17-20-13(3)16(21-17)11-19-18(4,5)6/h7-10,12,19H,11H2,1-6H3. The van der Waals surface area contributed by atoms with Crippen molar-refractivity contribution in [3.8, 4) is 10.6 Å². The van der Waals surface area contributed by atoms with Gasteiger partial charge in [0.05, 0.1) is 5.69 Å². The van der Waals surface area contributed by atoms with Gasteiger partial charge in [-0.3, -0.25) is 0 Å². The van der Waals surface area contributed by atoms with Gasteiger partial charge in [-0.15, -0.1) is 11.3 Å². The quantitative estimate of drug-likeness (QED) is 0.847. The maximum atomic E-state index is 4.73. The van der Waals surface area contributed by atoms with Gasteiger partial charge < -0.3 is 5.32 Å². The Kier molecular flexibility index (Phi) is 4.84. The molecule has 0 saturated carbocycles. The van der Waals surface area contributed by atoms with Crippen LogP contribution in [-0.4, -0.2) is 10.5 Å². The monoisotopic (exact) mass is 302 g/mol. The van der Waals surface area contributed by atoms with Crippen molar-refractivity contribution in [3.63, 3.8) is 0 Å². The molecule has 0 spiro atoms. The Morgan fingerprint density at radius 3 is 2.29 bits per heavy atom. The third-order valence-corrected chi connectivity index (χ3v) is 4.70. The van der Waals surface area contributed by atoms with Crippen LogP contribution in [0.2, 0.25) is 0 Å². The number of thiazole rings is 1. The summed E-state index contributed by atoms with van der Waals surface area (Å²) in [5.41, 5.74) is 3.87. The lowest BCUT2D eigenvalue weighted by atomic mass is 10.0. The Bertz CT molecular complexity index is 589. The number of nitrogens with one attached hydrogen (secondary N) is 1. The maximum Gasteiger partial charge on any atom is 0.123 e. The highest BCUT2D eigenvalue weighted by Crippen LogP contribution is 2.29. The Morgan fingerprint density at radius 2 is 1.76 bits per heavy atom. The molecule has 0 saturated heterocycles. The van der Waals surface area contributed by atoms with Crippen molar-refractivity contribution in [2.24, 2.45) is 0 Å². The number of nitrogens with zero attached hydrogens (tertiary/aromatic N) is 1. The van der Waals surface area contributed by atoms with Crippen molar-refractivity contribution < 1.29 is 0 Å². The second-order valence-corrected chi connectivity index (χ2v) is 7.99. The van der Waals surface area contributed by atoms with Crippen LogP contribution < -0.4 is 5.32 Å². The zero-order chi connectivity index (χ0) is 15.6. The summed E-state index contributed by atoms with van der Waals surface area (Å²) >= 11 is 1.79. The molecule has 0 aliphatic carbocycles. The summed E-state index contributed by atoms with van der Waals surface area (Å²) in [6, 6.07) is 8.80. The minimum absolute atomic E-state index is 0.134. The number of rotatable bonds is 4. The molecular formula is C18H26N2S. The summed E-state index contributed by atoms with van der Waals surface area (Å²) < 4.78 is 0. The van der Waals surface area contributed by atoms with Crippen molar-refractivity contribution in [1.29, 1.82) is 0 Å². The molecule has 3 heteroatoms. The first-order valence-corrected chi connectivity index (χ1v) is 8.39. The highest BCUT2D eigenvalue weighted by molar-refractivity contribution is 7.15. The molecule has 1 N–H and O–H groups in total. The van der Waals surface area contributed by atoms with Crippen molar-refractivity contribution in [3.05, 3.63) is 40.4 Å². The smallest absolute Gasteiger partial charge is 0.123 e. The van der Waals surface area contributed by atoms with Crippen LogP contribution >= 0.6 is 11.3 Å². The van der Waals surface area contributed by atoms with Crippen molar-refractivity contribution in [1.82, 2.24) is 10.3 Å². The van der Waals surface area contributed by atoms with E-state index in [-0.39, 0.29) is 5.54 Å². The zero-order valence-corrected chi connectivity index (χ0v) is 14.8. The topological polar surface area (TPSA) is 24.9 Å². The number of hydrogen-bond acceptors (Lipinski definition) is 3. The third-order valence-electron chi connectivity index (χ3n) is 3.50. The SMILES string of the molecule is Cc1nc(-c2ccc(C(C)C)cc2)sc1CNC(C)(C)C. The average molecular weight is 302 g/mol. The van der Waals surface area contributed by atoms with Crippen molar-refractivity contribution in [2.75, 3.05) is 0 Å². The molecule has 21 heavy (non-hydrogen) atoms.